The monoisotopic (exact) mass is 318 g/mol. The quantitative estimate of drug-likeness (QED) is 0.674. The van der Waals surface area contributed by atoms with Crippen molar-refractivity contribution in [1.29, 1.82) is 0 Å². The largest absolute Gasteiger partial charge is 0.356 e. The Labute approximate surface area is 140 Å². The van der Waals surface area contributed by atoms with Crippen LogP contribution in [0.15, 0.2) is 24.3 Å². The van der Waals surface area contributed by atoms with Gasteiger partial charge in [0.25, 0.3) is 0 Å². The number of anilines is 1. The lowest BCUT2D eigenvalue weighted by molar-refractivity contribution is -0.122. The molecule has 4 nitrogen and oxygen atoms in total. The molecule has 0 spiro atoms. The van der Waals surface area contributed by atoms with Crippen molar-refractivity contribution >= 4 is 17.5 Å². The molecule has 1 atom stereocenters. The van der Waals surface area contributed by atoms with E-state index in [9.17, 15) is 9.59 Å². The molecule has 0 aliphatic heterocycles. The van der Waals surface area contributed by atoms with Crippen LogP contribution in [-0.4, -0.2) is 18.4 Å². The molecule has 0 saturated heterocycles. The van der Waals surface area contributed by atoms with E-state index in [1.807, 2.05) is 31.2 Å². The number of unbranched alkanes of at least 4 members (excludes halogenated alkanes) is 1. The Balaban J connectivity index is 2.36. The smallest absolute Gasteiger partial charge is 0.224 e. The summed E-state index contributed by atoms with van der Waals surface area (Å²) in [7, 11) is 0. The highest BCUT2D eigenvalue weighted by molar-refractivity contribution is 5.91. The minimum absolute atomic E-state index is 0.0278. The van der Waals surface area contributed by atoms with Gasteiger partial charge in [0.1, 0.15) is 0 Å². The summed E-state index contributed by atoms with van der Waals surface area (Å²) in [6, 6.07) is 7.92. The first-order valence-corrected chi connectivity index (χ1v) is 8.58. The SMILES string of the molecule is CCCCNC(=O)CC(C)CC(=O)Nc1ccc(C(C)C)cc1. The predicted octanol–water partition coefficient (Wildman–Crippen LogP) is 4.08. The Kier molecular flexibility index (Phi) is 8.38. The van der Waals surface area contributed by atoms with E-state index in [-0.39, 0.29) is 17.7 Å². The maximum absolute atomic E-state index is 12.0. The summed E-state index contributed by atoms with van der Waals surface area (Å²) in [6.07, 6.45) is 2.80. The van der Waals surface area contributed by atoms with Crippen LogP contribution in [0.1, 0.15) is 64.9 Å². The minimum Gasteiger partial charge on any atom is -0.356 e. The summed E-state index contributed by atoms with van der Waals surface area (Å²) in [5.74, 6) is 0.494. The highest BCUT2D eigenvalue weighted by atomic mass is 16.2. The summed E-state index contributed by atoms with van der Waals surface area (Å²) in [6.45, 7) is 9.02. The van der Waals surface area contributed by atoms with Gasteiger partial charge >= 0.3 is 0 Å². The molecule has 1 unspecified atom stereocenters. The summed E-state index contributed by atoms with van der Waals surface area (Å²) in [5, 5.41) is 5.78. The minimum atomic E-state index is -0.0452. The van der Waals surface area contributed by atoms with E-state index < -0.39 is 0 Å². The van der Waals surface area contributed by atoms with Crippen LogP contribution in [0.5, 0.6) is 0 Å². The van der Waals surface area contributed by atoms with Crippen LogP contribution in [0, 0.1) is 5.92 Å². The van der Waals surface area contributed by atoms with E-state index in [1.165, 1.54) is 5.56 Å². The van der Waals surface area contributed by atoms with E-state index >= 15 is 0 Å². The standard InChI is InChI=1S/C19H30N2O2/c1-5-6-11-20-18(22)12-15(4)13-19(23)21-17-9-7-16(8-10-17)14(2)3/h7-10,14-15H,5-6,11-13H2,1-4H3,(H,20,22)(H,21,23). The number of carbonyl (C=O) groups is 2. The van der Waals surface area contributed by atoms with Crippen molar-refractivity contribution in [2.75, 3.05) is 11.9 Å². The molecule has 128 valence electrons. The van der Waals surface area contributed by atoms with Gasteiger partial charge in [-0.25, -0.2) is 0 Å². The molecule has 0 bridgehead atoms. The lowest BCUT2D eigenvalue weighted by Crippen LogP contribution is -2.27. The van der Waals surface area contributed by atoms with Crippen LogP contribution < -0.4 is 10.6 Å². The van der Waals surface area contributed by atoms with Gasteiger partial charge in [0.2, 0.25) is 11.8 Å². The van der Waals surface area contributed by atoms with Crippen molar-refractivity contribution < 1.29 is 9.59 Å². The Bertz CT molecular complexity index is 495. The second kappa shape index (κ2) is 10.0. The molecule has 2 N–H and O–H groups in total. The number of hydrogen-bond donors (Lipinski definition) is 2. The summed E-state index contributed by atoms with van der Waals surface area (Å²) >= 11 is 0. The Hall–Kier alpha value is -1.84. The zero-order chi connectivity index (χ0) is 17.2. The van der Waals surface area contributed by atoms with E-state index in [0.29, 0.717) is 18.8 Å². The Morgan fingerprint density at radius 2 is 1.61 bits per heavy atom. The molecule has 0 aromatic heterocycles. The average Bonchev–Trinajstić information content (AvgIpc) is 2.47. The molecule has 23 heavy (non-hydrogen) atoms. The summed E-state index contributed by atoms with van der Waals surface area (Å²) in [4.78, 5) is 23.8. The third-order valence-electron chi connectivity index (χ3n) is 3.78. The molecule has 0 saturated carbocycles. The highest BCUT2D eigenvalue weighted by Gasteiger charge is 2.13. The Morgan fingerprint density at radius 1 is 1.00 bits per heavy atom. The molecule has 1 aromatic carbocycles. The third-order valence-corrected chi connectivity index (χ3v) is 3.78. The number of benzene rings is 1. The van der Waals surface area contributed by atoms with E-state index in [2.05, 4.69) is 31.4 Å². The fourth-order valence-electron chi connectivity index (χ4n) is 2.35. The molecular formula is C19H30N2O2. The fourth-order valence-corrected chi connectivity index (χ4v) is 2.35. The zero-order valence-corrected chi connectivity index (χ0v) is 14.8. The van der Waals surface area contributed by atoms with E-state index in [0.717, 1.165) is 25.1 Å². The lowest BCUT2D eigenvalue weighted by Gasteiger charge is -2.12. The van der Waals surface area contributed by atoms with Crippen molar-refractivity contribution in [2.24, 2.45) is 5.92 Å². The molecule has 0 heterocycles. The lowest BCUT2D eigenvalue weighted by atomic mass is 10.0. The van der Waals surface area contributed by atoms with Crippen molar-refractivity contribution in [3.8, 4) is 0 Å². The van der Waals surface area contributed by atoms with Crippen LogP contribution in [-0.2, 0) is 9.59 Å². The van der Waals surface area contributed by atoms with E-state index in [1.54, 1.807) is 0 Å². The summed E-state index contributed by atoms with van der Waals surface area (Å²) in [5.41, 5.74) is 2.05. The van der Waals surface area contributed by atoms with Crippen molar-refractivity contribution in [3.63, 3.8) is 0 Å². The second-order valence-corrected chi connectivity index (χ2v) is 6.54. The highest BCUT2D eigenvalue weighted by Crippen LogP contribution is 2.18. The first kappa shape index (κ1) is 19.2. The normalized spacial score (nSPS) is 12.0. The van der Waals surface area contributed by atoms with Gasteiger partial charge in [0.15, 0.2) is 0 Å². The first-order valence-electron chi connectivity index (χ1n) is 8.58. The summed E-state index contributed by atoms with van der Waals surface area (Å²) < 4.78 is 0. The maximum Gasteiger partial charge on any atom is 0.224 e. The first-order chi connectivity index (χ1) is 10.9. The predicted molar refractivity (Wildman–Crippen MR) is 95.5 cm³/mol. The van der Waals surface area contributed by atoms with Gasteiger partial charge in [-0.1, -0.05) is 46.2 Å². The molecule has 0 fully saturated rings. The van der Waals surface area contributed by atoms with E-state index in [4.69, 9.17) is 0 Å². The number of hydrogen-bond acceptors (Lipinski definition) is 2. The van der Waals surface area contributed by atoms with Crippen LogP contribution in [0.2, 0.25) is 0 Å². The van der Waals surface area contributed by atoms with Gasteiger partial charge in [-0.3, -0.25) is 9.59 Å². The fraction of sp³-hybridized carbons (Fsp3) is 0.579. The van der Waals surface area contributed by atoms with Gasteiger partial charge in [-0.15, -0.1) is 0 Å². The Morgan fingerprint density at radius 3 is 2.17 bits per heavy atom. The van der Waals surface area contributed by atoms with Crippen molar-refractivity contribution in [2.45, 2.75) is 59.3 Å². The molecule has 0 aliphatic carbocycles. The number of rotatable bonds is 9. The van der Waals surface area contributed by atoms with Gasteiger partial charge in [0.05, 0.1) is 0 Å². The van der Waals surface area contributed by atoms with Crippen molar-refractivity contribution in [3.05, 3.63) is 29.8 Å². The van der Waals surface area contributed by atoms with Crippen LogP contribution in [0.3, 0.4) is 0 Å². The van der Waals surface area contributed by atoms with Gasteiger partial charge in [-0.05, 0) is 36.0 Å². The van der Waals surface area contributed by atoms with Crippen LogP contribution >= 0.6 is 0 Å². The topological polar surface area (TPSA) is 58.2 Å². The maximum atomic E-state index is 12.0. The average molecular weight is 318 g/mol. The molecule has 0 aliphatic rings. The van der Waals surface area contributed by atoms with Crippen LogP contribution in [0.25, 0.3) is 0 Å². The molecule has 0 radical (unpaired) electrons. The second-order valence-electron chi connectivity index (χ2n) is 6.54. The van der Waals surface area contributed by atoms with Crippen LogP contribution in [0.4, 0.5) is 5.69 Å². The molecule has 1 rings (SSSR count). The van der Waals surface area contributed by atoms with Gasteiger partial charge in [0, 0.05) is 25.1 Å². The van der Waals surface area contributed by atoms with Crippen molar-refractivity contribution in [1.82, 2.24) is 5.32 Å². The molecule has 2 amide bonds. The zero-order valence-electron chi connectivity index (χ0n) is 14.8. The van der Waals surface area contributed by atoms with Gasteiger partial charge in [-0.2, -0.15) is 0 Å². The number of amides is 2. The third kappa shape index (κ3) is 7.82. The molecule has 1 aromatic rings. The molecule has 4 heteroatoms. The molecular weight excluding hydrogens is 288 g/mol. The number of carbonyl (C=O) groups excluding carboxylic acids is 2. The van der Waals surface area contributed by atoms with Gasteiger partial charge < -0.3 is 10.6 Å². The number of nitrogens with one attached hydrogen (secondary N) is 2.